The highest BCUT2D eigenvalue weighted by atomic mass is 16.5. The van der Waals surface area contributed by atoms with Crippen LogP contribution in [0.25, 0.3) is 5.57 Å². The number of ether oxygens (including phenoxy) is 2. The molecule has 3 heteroatoms. The van der Waals surface area contributed by atoms with Crippen molar-refractivity contribution in [3.63, 3.8) is 0 Å². The predicted molar refractivity (Wildman–Crippen MR) is 140 cm³/mol. The highest BCUT2D eigenvalue weighted by Gasteiger charge is 2.57. The molecule has 3 nitrogen and oxygen atoms in total. The lowest BCUT2D eigenvalue weighted by Gasteiger charge is -2.47. The second-order valence-corrected chi connectivity index (χ2v) is 11.1. The lowest BCUT2D eigenvalue weighted by Crippen LogP contribution is -2.50. The summed E-state index contributed by atoms with van der Waals surface area (Å²) in [7, 11) is 3.65. The molecule has 0 unspecified atom stereocenters. The van der Waals surface area contributed by atoms with Crippen molar-refractivity contribution in [2.75, 3.05) is 20.8 Å². The molecule has 0 heterocycles. The molecule has 184 valence electrons. The monoisotopic (exact) mass is 462 g/mol. The standard InChI is InChI=1S/C31H42O3/c1-21(2)23-10-12-24(13-11-23)29(28-9-7-8-25-18-26(32)14-15-27(25)28)19-30(4)22(3)16-17-31(30,34-6)20-33-5/h10-13,18,22,29H,1,7-9,14-17,19-20H2,2-6H3/t22-,29-,30+,31-/m1/s1. The number of allylic oxidation sites excluding steroid dienone is 5. The van der Waals surface area contributed by atoms with Crippen molar-refractivity contribution < 1.29 is 14.3 Å². The van der Waals surface area contributed by atoms with E-state index < -0.39 is 0 Å². The average molecular weight is 463 g/mol. The van der Waals surface area contributed by atoms with Gasteiger partial charge in [-0.3, -0.25) is 4.79 Å². The van der Waals surface area contributed by atoms with Gasteiger partial charge in [0.1, 0.15) is 0 Å². The summed E-state index contributed by atoms with van der Waals surface area (Å²) in [6, 6.07) is 9.06. The van der Waals surface area contributed by atoms with Crippen molar-refractivity contribution in [2.45, 2.75) is 83.7 Å². The molecule has 1 fully saturated rings. The summed E-state index contributed by atoms with van der Waals surface area (Å²) < 4.78 is 12.1. The van der Waals surface area contributed by atoms with Gasteiger partial charge in [-0.15, -0.1) is 0 Å². The van der Waals surface area contributed by atoms with E-state index >= 15 is 0 Å². The fourth-order valence-corrected chi connectivity index (χ4v) is 6.98. The van der Waals surface area contributed by atoms with Gasteiger partial charge in [0, 0.05) is 32.0 Å². The van der Waals surface area contributed by atoms with Gasteiger partial charge in [-0.2, -0.15) is 0 Å². The van der Waals surface area contributed by atoms with Crippen LogP contribution in [0.3, 0.4) is 0 Å². The molecule has 0 bridgehead atoms. The van der Waals surface area contributed by atoms with E-state index in [4.69, 9.17) is 9.47 Å². The van der Waals surface area contributed by atoms with Gasteiger partial charge in [-0.25, -0.2) is 0 Å². The van der Waals surface area contributed by atoms with E-state index in [-0.39, 0.29) is 16.8 Å². The second kappa shape index (κ2) is 9.95. The first kappa shape index (κ1) is 25.1. The maximum absolute atomic E-state index is 12.2. The number of benzene rings is 1. The van der Waals surface area contributed by atoms with E-state index in [1.165, 1.54) is 22.3 Å². The van der Waals surface area contributed by atoms with Crippen molar-refractivity contribution in [2.24, 2.45) is 11.3 Å². The van der Waals surface area contributed by atoms with Gasteiger partial charge in [-0.05, 0) is 86.1 Å². The highest BCUT2D eigenvalue weighted by Crippen LogP contribution is 2.58. The maximum atomic E-state index is 12.2. The Balaban J connectivity index is 1.83. The summed E-state index contributed by atoms with van der Waals surface area (Å²) in [6.07, 6.45) is 9.94. The lowest BCUT2D eigenvalue weighted by atomic mass is 9.62. The number of carbonyl (C=O) groups is 1. The molecule has 3 aliphatic rings. The third-order valence-electron chi connectivity index (χ3n) is 9.36. The average Bonchev–Trinajstić information content (AvgIpc) is 3.07. The Morgan fingerprint density at radius 3 is 2.53 bits per heavy atom. The molecule has 0 spiro atoms. The van der Waals surface area contributed by atoms with Crippen LogP contribution in [0.1, 0.15) is 89.2 Å². The van der Waals surface area contributed by atoms with Crippen molar-refractivity contribution in [3.8, 4) is 0 Å². The van der Waals surface area contributed by atoms with E-state index in [0.29, 0.717) is 24.9 Å². The number of carbonyl (C=O) groups excluding carboxylic acids is 1. The summed E-state index contributed by atoms with van der Waals surface area (Å²) >= 11 is 0. The summed E-state index contributed by atoms with van der Waals surface area (Å²) in [5.41, 5.74) is 7.66. The van der Waals surface area contributed by atoms with Crippen molar-refractivity contribution in [1.29, 1.82) is 0 Å². The first-order valence-corrected chi connectivity index (χ1v) is 13.0. The zero-order valence-electron chi connectivity index (χ0n) is 21.8. The van der Waals surface area contributed by atoms with E-state index in [1.807, 2.05) is 13.2 Å². The van der Waals surface area contributed by atoms with Crippen molar-refractivity contribution >= 4 is 11.4 Å². The van der Waals surface area contributed by atoms with Crippen LogP contribution in [0.4, 0.5) is 0 Å². The number of rotatable bonds is 8. The molecule has 0 saturated heterocycles. The lowest BCUT2D eigenvalue weighted by molar-refractivity contribution is -0.138. The number of hydrogen-bond donors (Lipinski definition) is 0. The minimum absolute atomic E-state index is 0.0190. The Morgan fingerprint density at radius 1 is 1.15 bits per heavy atom. The van der Waals surface area contributed by atoms with Crippen LogP contribution in [0.15, 0.2) is 53.6 Å². The van der Waals surface area contributed by atoms with Gasteiger partial charge in [0.25, 0.3) is 0 Å². The first-order chi connectivity index (χ1) is 16.2. The molecule has 0 amide bonds. The molecule has 34 heavy (non-hydrogen) atoms. The second-order valence-electron chi connectivity index (χ2n) is 11.1. The Kier molecular flexibility index (Phi) is 7.36. The third kappa shape index (κ3) is 4.38. The number of methoxy groups -OCH3 is 2. The Labute approximate surface area is 206 Å². The van der Waals surface area contributed by atoms with Gasteiger partial charge >= 0.3 is 0 Å². The maximum Gasteiger partial charge on any atom is 0.156 e. The molecule has 1 saturated carbocycles. The molecule has 0 N–H and O–H groups in total. The topological polar surface area (TPSA) is 35.5 Å². The van der Waals surface area contributed by atoms with Crippen LogP contribution in [0.2, 0.25) is 0 Å². The quantitative estimate of drug-likeness (QED) is 0.403. The van der Waals surface area contributed by atoms with E-state index in [0.717, 1.165) is 50.5 Å². The molecule has 1 aromatic carbocycles. The minimum Gasteiger partial charge on any atom is -0.382 e. The first-order valence-electron chi connectivity index (χ1n) is 13.0. The Bertz CT molecular complexity index is 994. The summed E-state index contributed by atoms with van der Waals surface area (Å²) in [5, 5.41) is 0. The van der Waals surface area contributed by atoms with Crippen LogP contribution in [0.5, 0.6) is 0 Å². The molecular weight excluding hydrogens is 420 g/mol. The van der Waals surface area contributed by atoms with Gasteiger partial charge in [0.2, 0.25) is 0 Å². The molecule has 4 atom stereocenters. The smallest absolute Gasteiger partial charge is 0.156 e. The Morgan fingerprint density at radius 2 is 1.88 bits per heavy atom. The van der Waals surface area contributed by atoms with Crippen LogP contribution in [-0.4, -0.2) is 32.2 Å². The molecule has 0 aromatic heterocycles. The summed E-state index contributed by atoms with van der Waals surface area (Å²) in [6.45, 7) is 11.6. The fourth-order valence-electron chi connectivity index (χ4n) is 6.98. The molecule has 3 aliphatic carbocycles. The van der Waals surface area contributed by atoms with Crippen LogP contribution >= 0.6 is 0 Å². The zero-order chi connectivity index (χ0) is 24.5. The molecule has 0 aliphatic heterocycles. The third-order valence-corrected chi connectivity index (χ3v) is 9.36. The van der Waals surface area contributed by atoms with Gasteiger partial charge in [-0.1, -0.05) is 55.8 Å². The Hall–Kier alpha value is -1.97. The minimum atomic E-state index is -0.280. The molecule has 1 aromatic rings. The van der Waals surface area contributed by atoms with Gasteiger partial charge < -0.3 is 9.47 Å². The predicted octanol–water partition coefficient (Wildman–Crippen LogP) is 7.43. The molecule has 4 rings (SSSR count). The van der Waals surface area contributed by atoms with E-state index in [1.54, 1.807) is 12.7 Å². The zero-order valence-corrected chi connectivity index (χ0v) is 21.8. The van der Waals surface area contributed by atoms with E-state index in [2.05, 4.69) is 51.6 Å². The summed E-state index contributed by atoms with van der Waals surface area (Å²) in [4.78, 5) is 12.2. The van der Waals surface area contributed by atoms with Crippen molar-refractivity contribution in [3.05, 3.63) is 64.8 Å². The van der Waals surface area contributed by atoms with Crippen LogP contribution in [0, 0.1) is 11.3 Å². The number of ketones is 1. The molecule has 0 radical (unpaired) electrons. The van der Waals surface area contributed by atoms with Gasteiger partial charge in [0.05, 0.1) is 12.2 Å². The normalized spacial score (nSPS) is 30.2. The number of hydrogen-bond acceptors (Lipinski definition) is 3. The van der Waals surface area contributed by atoms with Crippen molar-refractivity contribution in [1.82, 2.24) is 0 Å². The largest absolute Gasteiger partial charge is 0.382 e. The molecular formula is C31H42O3. The van der Waals surface area contributed by atoms with Gasteiger partial charge in [0.15, 0.2) is 5.78 Å². The fraction of sp³-hybridized carbons (Fsp3) is 0.581. The van der Waals surface area contributed by atoms with E-state index in [9.17, 15) is 4.79 Å². The van der Waals surface area contributed by atoms with Crippen LogP contribution in [-0.2, 0) is 14.3 Å². The highest BCUT2D eigenvalue weighted by molar-refractivity contribution is 5.93. The SMILES string of the molecule is C=C(C)c1ccc([C@@H](C[C@@]2(C)[C@H](C)CC[C@]2(COC)OC)C2=C3CCC(=O)C=C3CCC2)cc1. The summed E-state index contributed by atoms with van der Waals surface area (Å²) in [5.74, 6) is 1.14. The van der Waals surface area contributed by atoms with Crippen LogP contribution < -0.4 is 0 Å². The number of fused-ring (bicyclic) bond motifs is 1.